The van der Waals surface area contributed by atoms with Crippen LogP contribution in [-0.4, -0.2) is 22.5 Å². The normalized spacial score (nSPS) is 11.3. The van der Waals surface area contributed by atoms with Crippen LogP contribution < -0.4 is 0 Å². The molecule has 1 aromatic heterocycles. The Morgan fingerprint density at radius 1 is 1.76 bits per heavy atom. The van der Waals surface area contributed by atoms with Crippen molar-refractivity contribution < 1.29 is 14.5 Å². The highest BCUT2D eigenvalue weighted by molar-refractivity contribution is 5.80. The Kier molecular flexibility index (Phi) is 4.11. The minimum atomic E-state index is -1.24. The van der Waals surface area contributed by atoms with Crippen molar-refractivity contribution >= 4 is 11.7 Å². The number of carbonyl (C=O) groups excluding carboxylic acids is 1. The first kappa shape index (κ1) is 12.6. The number of hydrogen-bond donors (Lipinski definition) is 0. The average Bonchev–Trinajstić information content (AvgIpc) is 2.30. The molecule has 0 saturated carbocycles. The summed E-state index contributed by atoms with van der Waals surface area (Å²) in [7, 11) is 0. The molecule has 17 heavy (non-hydrogen) atoms. The summed E-state index contributed by atoms with van der Waals surface area (Å²) in [6, 6.07) is 3.98. The molecule has 0 aliphatic rings. The summed E-state index contributed by atoms with van der Waals surface area (Å²) in [5.41, 5.74) is -0.209. The molecule has 0 fully saturated rings. The molecular formula is C10H9N3O4. The van der Waals surface area contributed by atoms with Crippen molar-refractivity contribution in [1.82, 2.24) is 4.98 Å². The number of rotatable bonds is 4. The van der Waals surface area contributed by atoms with Gasteiger partial charge in [-0.05, 0) is 6.92 Å². The van der Waals surface area contributed by atoms with E-state index in [1.165, 1.54) is 12.3 Å². The van der Waals surface area contributed by atoms with Gasteiger partial charge in [-0.15, -0.1) is 0 Å². The number of aromatic nitrogens is 1. The fraction of sp³-hybridized carbons (Fsp3) is 0.300. The smallest absolute Gasteiger partial charge is 0.329 e. The van der Waals surface area contributed by atoms with Crippen LogP contribution in [0.2, 0.25) is 0 Å². The van der Waals surface area contributed by atoms with Crippen molar-refractivity contribution in [3.63, 3.8) is 0 Å². The van der Waals surface area contributed by atoms with Crippen molar-refractivity contribution in [3.05, 3.63) is 34.1 Å². The number of nitriles is 1. The lowest BCUT2D eigenvalue weighted by Crippen LogP contribution is -2.15. The third-order valence-electron chi connectivity index (χ3n) is 1.92. The Balaban J connectivity index is 3.05. The summed E-state index contributed by atoms with van der Waals surface area (Å²) >= 11 is 0. The lowest BCUT2D eigenvalue weighted by molar-refractivity contribution is -0.385. The standard InChI is InChI=1S/C10H9N3O4/c1-2-17-10(14)8(6-11)9-5-7(13(15)16)3-4-12-9/h3-5,8H,2H2,1H3. The molecule has 1 heterocycles. The molecule has 1 unspecified atom stereocenters. The Morgan fingerprint density at radius 2 is 2.47 bits per heavy atom. The lowest BCUT2D eigenvalue weighted by Gasteiger charge is -2.06. The maximum Gasteiger partial charge on any atom is 0.329 e. The van der Waals surface area contributed by atoms with Gasteiger partial charge in [0.05, 0.1) is 23.3 Å². The summed E-state index contributed by atoms with van der Waals surface area (Å²) in [4.78, 5) is 25.1. The third-order valence-corrected chi connectivity index (χ3v) is 1.92. The number of nitro groups is 1. The Labute approximate surface area is 96.8 Å². The molecule has 7 nitrogen and oxygen atoms in total. The summed E-state index contributed by atoms with van der Waals surface area (Å²) in [5, 5.41) is 19.4. The zero-order valence-electron chi connectivity index (χ0n) is 8.99. The topological polar surface area (TPSA) is 106 Å². The first-order valence-electron chi connectivity index (χ1n) is 4.76. The Hall–Kier alpha value is -2.49. The van der Waals surface area contributed by atoms with Crippen LogP contribution in [0.4, 0.5) is 5.69 Å². The second-order valence-corrected chi connectivity index (χ2v) is 3.01. The highest BCUT2D eigenvalue weighted by Gasteiger charge is 2.24. The maximum absolute atomic E-state index is 11.4. The minimum absolute atomic E-state index is 0.0140. The van der Waals surface area contributed by atoms with E-state index in [1.54, 1.807) is 13.0 Å². The van der Waals surface area contributed by atoms with Crippen LogP contribution in [0.3, 0.4) is 0 Å². The molecule has 1 aromatic rings. The predicted molar refractivity (Wildman–Crippen MR) is 55.9 cm³/mol. The molecule has 0 spiro atoms. The van der Waals surface area contributed by atoms with Gasteiger partial charge in [0.2, 0.25) is 0 Å². The Bertz CT molecular complexity index is 481. The molecule has 1 atom stereocenters. The summed E-state index contributed by atoms with van der Waals surface area (Å²) in [6.45, 7) is 1.74. The van der Waals surface area contributed by atoms with E-state index in [-0.39, 0.29) is 18.0 Å². The van der Waals surface area contributed by atoms with Gasteiger partial charge in [-0.2, -0.15) is 5.26 Å². The number of ether oxygens (including phenoxy) is 1. The van der Waals surface area contributed by atoms with E-state index >= 15 is 0 Å². The van der Waals surface area contributed by atoms with Crippen molar-refractivity contribution in [2.75, 3.05) is 6.61 Å². The summed E-state index contributed by atoms with van der Waals surface area (Å²) in [5.74, 6) is -2.00. The van der Waals surface area contributed by atoms with Gasteiger partial charge < -0.3 is 4.74 Å². The average molecular weight is 235 g/mol. The largest absolute Gasteiger partial charge is 0.465 e. The van der Waals surface area contributed by atoms with Crippen molar-refractivity contribution in [2.45, 2.75) is 12.8 Å². The molecule has 0 saturated heterocycles. The SMILES string of the molecule is CCOC(=O)C(C#N)c1cc([N+](=O)[O-])ccn1. The quantitative estimate of drug-likeness (QED) is 0.440. The van der Waals surface area contributed by atoms with Crippen LogP contribution in [0.1, 0.15) is 18.5 Å². The zero-order valence-corrected chi connectivity index (χ0v) is 8.99. The van der Waals surface area contributed by atoms with Crippen LogP contribution in [0.15, 0.2) is 18.3 Å². The Morgan fingerprint density at radius 3 is 3.00 bits per heavy atom. The van der Waals surface area contributed by atoms with E-state index in [0.717, 1.165) is 6.07 Å². The lowest BCUT2D eigenvalue weighted by atomic mass is 10.1. The van der Waals surface area contributed by atoms with E-state index in [9.17, 15) is 14.9 Å². The van der Waals surface area contributed by atoms with E-state index in [1.807, 2.05) is 0 Å². The first-order valence-corrected chi connectivity index (χ1v) is 4.76. The van der Waals surface area contributed by atoms with Gasteiger partial charge in [-0.3, -0.25) is 19.9 Å². The molecule has 0 aliphatic carbocycles. The van der Waals surface area contributed by atoms with Gasteiger partial charge in [-0.25, -0.2) is 0 Å². The first-order chi connectivity index (χ1) is 8.10. The molecule has 0 radical (unpaired) electrons. The molecule has 1 rings (SSSR count). The maximum atomic E-state index is 11.4. The van der Waals surface area contributed by atoms with Crippen LogP contribution in [0.5, 0.6) is 0 Å². The molecule has 7 heteroatoms. The van der Waals surface area contributed by atoms with Crippen LogP contribution >= 0.6 is 0 Å². The third kappa shape index (κ3) is 2.98. The zero-order chi connectivity index (χ0) is 12.8. The molecule has 88 valence electrons. The van der Waals surface area contributed by atoms with E-state index in [0.29, 0.717) is 0 Å². The van der Waals surface area contributed by atoms with E-state index in [2.05, 4.69) is 9.72 Å². The molecule has 0 bridgehead atoms. The molecule has 0 aromatic carbocycles. The minimum Gasteiger partial charge on any atom is -0.465 e. The fourth-order valence-corrected chi connectivity index (χ4v) is 1.17. The number of hydrogen-bond acceptors (Lipinski definition) is 6. The van der Waals surface area contributed by atoms with Crippen molar-refractivity contribution in [3.8, 4) is 6.07 Å². The fourth-order valence-electron chi connectivity index (χ4n) is 1.17. The molecule has 0 aliphatic heterocycles. The summed E-state index contributed by atoms with van der Waals surface area (Å²) < 4.78 is 4.68. The van der Waals surface area contributed by atoms with Gasteiger partial charge in [0.15, 0.2) is 5.92 Å². The molecule has 0 amide bonds. The second-order valence-electron chi connectivity index (χ2n) is 3.01. The highest BCUT2D eigenvalue weighted by atomic mass is 16.6. The van der Waals surface area contributed by atoms with E-state index in [4.69, 9.17) is 5.26 Å². The summed E-state index contributed by atoms with van der Waals surface area (Å²) in [6.07, 6.45) is 1.18. The second kappa shape index (κ2) is 5.55. The van der Waals surface area contributed by atoms with Gasteiger partial charge in [-0.1, -0.05) is 0 Å². The highest BCUT2D eigenvalue weighted by Crippen LogP contribution is 2.19. The molecular weight excluding hydrogens is 226 g/mol. The molecule has 0 N–H and O–H groups in total. The van der Waals surface area contributed by atoms with Crippen molar-refractivity contribution in [2.24, 2.45) is 0 Å². The van der Waals surface area contributed by atoms with E-state index < -0.39 is 16.8 Å². The number of esters is 1. The van der Waals surface area contributed by atoms with Gasteiger partial charge in [0, 0.05) is 18.3 Å². The monoisotopic (exact) mass is 235 g/mol. The predicted octanol–water partition coefficient (Wildman–Crippen LogP) is 1.16. The van der Waals surface area contributed by atoms with Gasteiger partial charge >= 0.3 is 5.97 Å². The van der Waals surface area contributed by atoms with Gasteiger partial charge in [0.1, 0.15) is 0 Å². The number of carbonyl (C=O) groups is 1. The van der Waals surface area contributed by atoms with Gasteiger partial charge in [0.25, 0.3) is 5.69 Å². The van der Waals surface area contributed by atoms with Crippen LogP contribution in [0.25, 0.3) is 0 Å². The van der Waals surface area contributed by atoms with Crippen LogP contribution in [-0.2, 0) is 9.53 Å². The number of pyridine rings is 1. The van der Waals surface area contributed by atoms with Crippen molar-refractivity contribution in [1.29, 1.82) is 5.26 Å². The van der Waals surface area contributed by atoms with Crippen LogP contribution in [0, 0.1) is 21.4 Å². The number of nitrogens with zero attached hydrogens (tertiary/aromatic N) is 3.